The lowest BCUT2D eigenvalue weighted by molar-refractivity contribution is -0.198. The molecule has 2 nitrogen and oxygen atoms in total. The van der Waals surface area contributed by atoms with Crippen LogP contribution in [0.25, 0.3) is 11.1 Å². The van der Waals surface area contributed by atoms with E-state index in [0.29, 0.717) is 5.69 Å². The third-order valence-corrected chi connectivity index (χ3v) is 2.87. The minimum Gasteiger partial charge on any atom is -0.382 e. The molecule has 0 radical (unpaired) electrons. The van der Waals surface area contributed by atoms with Gasteiger partial charge < -0.3 is 10.4 Å². The van der Waals surface area contributed by atoms with Crippen molar-refractivity contribution in [3.8, 4) is 11.1 Å². The van der Waals surface area contributed by atoms with Crippen LogP contribution in [0, 0.1) is 0 Å². The zero-order chi connectivity index (χ0) is 14.6. The number of halogens is 3. The summed E-state index contributed by atoms with van der Waals surface area (Å²) in [6.07, 6.45) is -6.96. The van der Waals surface area contributed by atoms with Crippen LogP contribution >= 0.6 is 0 Å². The normalized spacial score (nSPS) is 13.0. The van der Waals surface area contributed by atoms with Crippen LogP contribution in [0.1, 0.15) is 0 Å². The Morgan fingerprint density at radius 1 is 0.900 bits per heavy atom. The summed E-state index contributed by atoms with van der Waals surface area (Å²) in [6, 6.07) is 16.7. The number of nitrogens with one attached hydrogen (secondary N) is 1. The van der Waals surface area contributed by atoms with Crippen LogP contribution in [0.3, 0.4) is 0 Å². The van der Waals surface area contributed by atoms with Crippen molar-refractivity contribution in [2.24, 2.45) is 0 Å². The zero-order valence-corrected chi connectivity index (χ0v) is 10.6. The van der Waals surface area contributed by atoms with Crippen LogP contribution in [-0.2, 0) is 0 Å². The van der Waals surface area contributed by atoms with Gasteiger partial charge in [-0.3, -0.25) is 0 Å². The van der Waals surface area contributed by atoms with Gasteiger partial charge in [0.25, 0.3) is 0 Å². The lowest BCUT2D eigenvalue weighted by Crippen LogP contribution is -2.34. The van der Waals surface area contributed by atoms with Crippen LogP contribution in [-0.4, -0.2) is 23.9 Å². The number of hydrogen-bond acceptors (Lipinski definition) is 2. The Hall–Kier alpha value is -2.01. The van der Waals surface area contributed by atoms with Crippen molar-refractivity contribution in [2.45, 2.75) is 12.3 Å². The first-order valence-electron chi connectivity index (χ1n) is 6.11. The summed E-state index contributed by atoms with van der Waals surface area (Å²) < 4.78 is 36.4. The second-order valence-corrected chi connectivity index (χ2v) is 4.38. The molecule has 2 aromatic carbocycles. The predicted molar refractivity (Wildman–Crippen MR) is 72.4 cm³/mol. The van der Waals surface area contributed by atoms with E-state index < -0.39 is 18.8 Å². The Kier molecular flexibility index (Phi) is 4.29. The van der Waals surface area contributed by atoms with Crippen LogP contribution < -0.4 is 5.32 Å². The summed E-state index contributed by atoms with van der Waals surface area (Å²) in [6.45, 7) is -0.561. The first kappa shape index (κ1) is 14.4. The highest BCUT2D eigenvalue weighted by Crippen LogP contribution is 2.23. The van der Waals surface area contributed by atoms with Crippen LogP contribution in [0.5, 0.6) is 0 Å². The van der Waals surface area contributed by atoms with Crippen molar-refractivity contribution in [1.29, 1.82) is 0 Å². The molecule has 0 fully saturated rings. The molecule has 0 aromatic heterocycles. The molecule has 2 rings (SSSR count). The topological polar surface area (TPSA) is 32.3 Å². The molecule has 0 saturated heterocycles. The Morgan fingerprint density at radius 2 is 1.45 bits per heavy atom. The quantitative estimate of drug-likeness (QED) is 0.895. The Morgan fingerprint density at radius 3 is 2.00 bits per heavy atom. The van der Waals surface area contributed by atoms with Gasteiger partial charge in [0.05, 0.1) is 0 Å². The molecular formula is C15H14F3NO. The second-order valence-electron chi connectivity index (χ2n) is 4.38. The van der Waals surface area contributed by atoms with Gasteiger partial charge in [0.2, 0.25) is 0 Å². The van der Waals surface area contributed by atoms with E-state index in [-0.39, 0.29) is 0 Å². The number of alkyl halides is 3. The molecule has 1 atom stereocenters. The highest BCUT2D eigenvalue weighted by Gasteiger charge is 2.37. The number of hydrogen-bond donors (Lipinski definition) is 2. The molecule has 0 bridgehead atoms. The molecule has 0 saturated carbocycles. The monoisotopic (exact) mass is 281 g/mol. The van der Waals surface area contributed by atoms with E-state index in [9.17, 15) is 13.2 Å². The Labute approximate surface area is 114 Å². The lowest BCUT2D eigenvalue weighted by Gasteiger charge is -2.15. The lowest BCUT2D eigenvalue weighted by atomic mass is 10.1. The van der Waals surface area contributed by atoms with Crippen LogP contribution in [0.2, 0.25) is 0 Å². The number of aliphatic hydroxyl groups is 1. The van der Waals surface area contributed by atoms with Gasteiger partial charge in [-0.05, 0) is 23.3 Å². The van der Waals surface area contributed by atoms with E-state index in [1.165, 1.54) is 0 Å². The maximum absolute atomic E-state index is 12.1. The van der Waals surface area contributed by atoms with Crippen molar-refractivity contribution in [3.63, 3.8) is 0 Å². The van der Waals surface area contributed by atoms with Gasteiger partial charge in [-0.15, -0.1) is 0 Å². The number of aliphatic hydroxyl groups excluding tert-OH is 1. The van der Waals surface area contributed by atoms with E-state index in [4.69, 9.17) is 5.11 Å². The van der Waals surface area contributed by atoms with Gasteiger partial charge in [-0.25, -0.2) is 0 Å². The molecule has 0 spiro atoms. The summed E-state index contributed by atoms with van der Waals surface area (Å²) >= 11 is 0. The fourth-order valence-corrected chi connectivity index (χ4v) is 1.74. The highest BCUT2D eigenvalue weighted by atomic mass is 19.4. The largest absolute Gasteiger partial charge is 0.416 e. The minimum atomic E-state index is -4.60. The third-order valence-electron chi connectivity index (χ3n) is 2.87. The van der Waals surface area contributed by atoms with Crippen molar-refractivity contribution in [2.75, 3.05) is 11.9 Å². The van der Waals surface area contributed by atoms with Crippen molar-refractivity contribution < 1.29 is 18.3 Å². The summed E-state index contributed by atoms with van der Waals surface area (Å²) in [5.41, 5.74) is 2.55. The maximum Gasteiger partial charge on any atom is 0.416 e. The van der Waals surface area contributed by atoms with Crippen molar-refractivity contribution in [1.82, 2.24) is 0 Å². The fourth-order valence-electron chi connectivity index (χ4n) is 1.74. The SMILES string of the molecule is OC(CNc1ccc(-c2ccccc2)cc1)C(F)(F)F. The van der Waals surface area contributed by atoms with Gasteiger partial charge in [0.1, 0.15) is 0 Å². The van der Waals surface area contributed by atoms with Crippen molar-refractivity contribution in [3.05, 3.63) is 54.6 Å². The van der Waals surface area contributed by atoms with Gasteiger partial charge in [-0.2, -0.15) is 13.2 Å². The van der Waals surface area contributed by atoms with Crippen LogP contribution in [0.4, 0.5) is 18.9 Å². The van der Waals surface area contributed by atoms with E-state index in [1.54, 1.807) is 12.1 Å². The molecule has 106 valence electrons. The Bertz CT molecular complexity index is 537. The van der Waals surface area contributed by atoms with Crippen molar-refractivity contribution >= 4 is 5.69 Å². The summed E-state index contributed by atoms with van der Waals surface area (Å²) in [7, 11) is 0. The van der Waals surface area contributed by atoms with E-state index in [0.717, 1.165) is 11.1 Å². The van der Waals surface area contributed by atoms with E-state index in [2.05, 4.69) is 5.32 Å². The van der Waals surface area contributed by atoms with E-state index in [1.807, 2.05) is 42.5 Å². The smallest absolute Gasteiger partial charge is 0.382 e. The van der Waals surface area contributed by atoms with Gasteiger partial charge in [0, 0.05) is 12.2 Å². The standard InChI is InChI=1S/C15H14F3NO/c16-15(17,18)14(20)10-19-13-8-6-12(7-9-13)11-4-2-1-3-5-11/h1-9,14,19-20H,10H2. The molecular weight excluding hydrogens is 267 g/mol. The minimum absolute atomic E-state index is 0.535. The second kappa shape index (κ2) is 5.96. The molecule has 0 aliphatic rings. The molecule has 0 aliphatic carbocycles. The molecule has 0 aliphatic heterocycles. The van der Waals surface area contributed by atoms with Crippen LogP contribution in [0.15, 0.2) is 54.6 Å². The molecule has 2 aromatic rings. The summed E-state index contributed by atoms with van der Waals surface area (Å²) in [5.74, 6) is 0. The zero-order valence-electron chi connectivity index (χ0n) is 10.6. The Balaban J connectivity index is 1.99. The number of rotatable bonds is 4. The predicted octanol–water partition coefficient (Wildman–Crippen LogP) is 3.69. The average molecular weight is 281 g/mol. The summed E-state index contributed by atoms with van der Waals surface area (Å²) in [5, 5.41) is 11.5. The van der Waals surface area contributed by atoms with Gasteiger partial charge in [0.15, 0.2) is 6.10 Å². The molecule has 5 heteroatoms. The molecule has 20 heavy (non-hydrogen) atoms. The maximum atomic E-state index is 12.1. The molecule has 0 amide bonds. The highest BCUT2D eigenvalue weighted by molar-refractivity contribution is 5.65. The average Bonchev–Trinajstić information content (AvgIpc) is 2.45. The summed E-state index contributed by atoms with van der Waals surface area (Å²) in [4.78, 5) is 0. The fraction of sp³-hybridized carbons (Fsp3) is 0.200. The number of benzene rings is 2. The van der Waals surface area contributed by atoms with Gasteiger partial charge in [-0.1, -0.05) is 42.5 Å². The molecule has 2 N–H and O–H groups in total. The first-order chi connectivity index (χ1) is 9.47. The third kappa shape index (κ3) is 3.74. The van der Waals surface area contributed by atoms with E-state index >= 15 is 0 Å². The molecule has 0 heterocycles. The molecule has 1 unspecified atom stereocenters. The first-order valence-corrected chi connectivity index (χ1v) is 6.11. The van der Waals surface area contributed by atoms with Gasteiger partial charge >= 0.3 is 6.18 Å². The number of anilines is 1.